The molecule has 1 aliphatic rings. The Bertz CT molecular complexity index is 744. The summed E-state index contributed by atoms with van der Waals surface area (Å²) in [5.41, 5.74) is 1.36. The Morgan fingerprint density at radius 1 is 1.32 bits per heavy atom. The minimum atomic E-state index is -0.766. The Balaban J connectivity index is 0.00000280. The Labute approximate surface area is 183 Å². The predicted octanol–water partition coefficient (Wildman–Crippen LogP) is 2.43. The molecule has 0 amide bonds. The molecular weight excluding hydrogens is 469 g/mol. The molecule has 0 unspecified atom stereocenters. The van der Waals surface area contributed by atoms with E-state index in [2.05, 4.69) is 20.3 Å². The Hall–Kier alpha value is -1.65. The number of benzene rings is 1. The zero-order valence-corrected chi connectivity index (χ0v) is 18.9. The van der Waals surface area contributed by atoms with Gasteiger partial charge < -0.3 is 20.1 Å². The third-order valence-electron chi connectivity index (χ3n) is 4.72. The van der Waals surface area contributed by atoms with E-state index in [4.69, 9.17) is 4.74 Å². The first kappa shape index (κ1) is 22.6. The summed E-state index contributed by atoms with van der Waals surface area (Å²) in [7, 11) is 2.00. The van der Waals surface area contributed by atoms with Crippen LogP contribution in [0.4, 0.5) is 0 Å². The van der Waals surface area contributed by atoms with E-state index >= 15 is 0 Å². The van der Waals surface area contributed by atoms with Gasteiger partial charge in [-0.05, 0) is 19.1 Å². The molecule has 1 aliphatic heterocycles. The van der Waals surface area contributed by atoms with Crippen molar-refractivity contribution < 1.29 is 9.84 Å². The van der Waals surface area contributed by atoms with Crippen molar-refractivity contribution in [1.29, 1.82) is 0 Å². The average Bonchev–Trinajstić information content (AvgIpc) is 3.15. The SMILES string of the molecule is CCNC(=NCC1(O)CCOCC1)N(C)Cc1cnn(-c2ccccc2)c1.I. The van der Waals surface area contributed by atoms with Gasteiger partial charge in [-0.2, -0.15) is 5.10 Å². The van der Waals surface area contributed by atoms with Crippen molar-refractivity contribution in [3.05, 3.63) is 48.3 Å². The summed E-state index contributed by atoms with van der Waals surface area (Å²) < 4.78 is 7.21. The second kappa shape index (κ2) is 10.8. The third-order valence-corrected chi connectivity index (χ3v) is 4.72. The molecule has 3 rings (SSSR count). The largest absolute Gasteiger partial charge is 0.388 e. The van der Waals surface area contributed by atoms with Crippen molar-refractivity contribution in [2.45, 2.75) is 31.9 Å². The van der Waals surface area contributed by atoms with Crippen LogP contribution < -0.4 is 5.32 Å². The van der Waals surface area contributed by atoms with E-state index in [0.717, 1.165) is 23.8 Å². The van der Waals surface area contributed by atoms with Gasteiger partial charge in [-0.25, -0.2) is 4.68 Å². The van der Waals surface area contributed by atoms with Gasteiger partial charge in [0.2, 0.25) is 0 Å². The standard InChI is InChI=1S/C20H29N5O2.HI/c1-3-21-19(22-16-20(26)9-11-27-12-10-20)24(2)14-17-13-23-25(15-17)18-7-5-4-6-8-18;/h4-8,13,15,26H,3,9-12,14,16H2,1-2H3,(H,21,22);1H. The van der Waals surface area contributed by atoms with Gasteiger partial charge in [0.15, 0.2) is 5.96 Å². The quantitative estimate of drug-likeness (QED) is 0.363. The van der Waals surface area contributed by atoms with Crippen LogP contribution in [0.5, 0.6) is 0 Å². The smallest absolute Gasteiger partial charge is 0.194 e. The molecule has 7 nitrogen and oxygen atoms in total. The zero-order valence-electron chi connectivity index (χ0n) is 16.5. The lowest BCUT2D eigenvalue weighted by molar-refractivity contribution is -0.0566. The van der Waals surface area contributed by atoms with E-state index < -0.39 is 5.60 Å². The lowest BCUT2D eigenvalue weighted by Crippen LogP contribution is -2.43. The van der Waals surface area contributed by atoms with Crippen molar-refractivity contribution in [1.82, 2.24) is 20.0 Å². The number of nitrogens with zero attached hydrogens (tertiary/aromatic N) is 4. The van der Waals surface area contributed by atoms with Crippen LogP contribution in [0.2, 0.25) is 0 Å². The zero-order chi connectivity index (χ0) is 19.1. The Morgan fingerprint density at radius 3 is 2.71 bits per heavy atom. The van der Waals surface area contributed by atoms with E-state index in [1.807, 2.05) is 61.4 Å². The number of para-hydroxylation sites is 1. The molecule has 8 heteroatoms. The van der Waals surface area contributed by atoms with Crippen molar-refractivity contribution in [3.63, 3.8) is 0 Å². The first-order chi connectivity index (χ1) is 13.1. The first-order valence-electron chi connectivity index (χ1n) is 9.48. The van der Waals surface area contributed by atoms with Crippen molar-refractivity contribution in [2.24, 2.45) is 4.99 Å². The Kier molecular flexibility index (Phi) is 8.71. The highest BCUT2D eigenvalue weighted by molar-refractivity contribution is 14.0. The summed E-state index contributed by atoms with van der Waals surface area (Å²) >= 11 is 0. The minimum Gasteiger partial charge on any atom is -0.388 e. The molecule has 2 aromatic rings. The van der Waals surface area contributed by atoms with Crippen molar-refractivity contribution in [3.8, 4) is 5.69 Å². The van der Waals surface area contributed by atoms with Gasteiger partial charge in [0, 0.05) is 58.0 Å². The van der Waals surface area contributed by atoms with Crippen LogP contribution in [0.1, 0.15) is 25.3 Å². The van der Waals surface area contributed by atoms with Crippen LogP contribution in [0.3, 0.4) is 0 Å². The molecule has 28 heavy (non-hydrogen) atoms. The van der Waals surface area contributed by atoms with Crippen LogP contribution in [0.15, 0.2) is 47.7 Å². The highest BCUT2D eigenvalue weighted by Gasteiger charge is 2.29. The monoisotopic (exact) mass is 499 g/mol. The number of aliphatic imine (C=N–C) groups is 1. The molecule has 1 aromatic heterocycles. The first-order valence-corrected chi connectivity index (χ1v) is 9.48. The number of aromatic nitrogens is 2. The van der Waals surface area contributed by atoms with Crippen LogP contribution >= 0.6 is 24.0 Å². The lowest BCUT2D eigenvalue weighted by Gasteiger charge is -2.31. The van der Waals surface area contributed by atoms with Crippen molar-refractivity contribution in [2.75, 3.05) is 33.4 Å². The van der Waals surface area contributed by atoms with Gasteiger partial charge in [0.1, 0.15) is 0 Å². The lowest BCUT2D eigenvalue weighted by atomic mass is 9.95. The van der Waals surface area contributed by atoms with Crippen LogP contribution in [-0.2, 0) is 11.3 Å². The maximum atomic E-state index is 10.6. The van der Waals surface area contributed by atoms with Gasteiger partial charge in [0.05, 0.1) is 24.0 Å². The fraction of sp³-hybridized carbons (Fsp3) is 0.500. The Morgan fingerprint density at radius 2 is 2.04 bits per heavy atom. The molecule has 0 radical (unpaired) electrons. The van der Waals surface area contributed by atoms with Gasteiger partial charge in [-0.3, -0.25) is 4.99 Å². The van der Waals surface area contributed by atoms with E-state index in [1.165, 1.54) is 0 Å². The molecule has 0 bridgehead atoms. The number of halogens is 1. The summed E-state index contributed by atoms with van der Waals surface area (Å²) in [4.78, 5) is 6.72. The summed E-state index contributed by atoms with van der Waals surface area (Å²) in [6.45, 7) is 5.06. The molecular formula is C20H30IN5O2. The maximum absolute atomic E-state index is 10.6. The highest BCUT2D eigenvalue weighted by Crippen LogP contribution is 2.20. The van der Waals surface area contributed by atoms with E-state index in [-0.39, 0.29) is 24.0 Å². The molecule has 1 saturated heterocycles. The number of ether oxygens (including phenoxy) is 1. The number of aliphatic hydroxyl groups is 1. The number of hydrogen-bond acceptors (Lipinski definition) is 4. The van der Waals surface area contributed by atoms with Crippen molar-refractivity contribution >= 4 is 29.9 Å². The number of hydrogen-bond donors (Lipinski definition) is 2. The van der Waals surface area contributed by atoms with E-state index in [1.54, 1.807) is 0 Å². The number of rotatable bonds is 6. The predicted molar refractivity (Wildman–Crippen MR) is 121 cm³/mol. The molecule has 0 saturated carbocycles. The molecule has 154 valence electrons. The van der Waals surface area contributed by atoms with Gasteiger partial charge >= 0.3 is 0 Å². The molecule has 1 aromatic carbocycles. The molecule has 2 N–H and O–H groups in total. The molecule has 0 spiro atoms. The average molecular weight is 499 g/mol. The summed E-state index contributed by atoms with van der Waals surface area (Å²) in [5, 5.41) is 18.4. The number of guanidine groups is 1. The van der Waals surface area contributed by atoms with Gasteiger partial charge in [-0.1, -0.05) is 18.2 Å². The number of nitrogens with one attached hydrogen (secondary N) is 1. The maximum Gasteiger partial charge on any atom is 0.194 e. The van der Waals surface area contributed by atoms with E-state index in [9.17, 15) is 5.11 Å². The van der Waals surface area contributed by atoms with Crippen LogP contribution in [-0.4, -0.2) is 64.7 Å². The highest BCUT2D eigenvalue weighted by atomic mass is 127. The second-order valence-corrected chi connectivity index (χ2v) is 6.99. The van der Waals surface area contributed by atoms with Crippen LogP contribution in [0.25, 0.3) is 5.69 Å². The fourth-order valence-electron chi connectivity index (χ4n) is 3.11. The molecule has 1 fully saturated rings. The molecule has 2 heterocycles. The fourth-order valence-corrected chi connectivity index (χ4v) is 3.11. The third kappa shape index (κ3) is 6.18. The summed E-state index contributed by atoms with van der Waals surface area (Å²) in [6.07, 6.45) is 5.16. The summed E-state index contributed by atoms with van der Waals surface area (Å²) in [6, 6.07) is 10.0. The minimum absolute atomic E-state index is 0. The van der Waals surface area contributed by atoms with Crippen LogP contribution in [0, 0.1) is 0 Å². The van der Waals surface area contributed by atoms with E-state index in [0.29, 0.717) is 39.1 Å². The summed E-state index contributed by atoms with van der Waals surface area (Å²) in [5.74, 6) is 0.782. The molecule has 0 aliphatic carbocycles. The van der Waals surface area contributed by atoms with Gasteiger partial charge in [0.25, 0.3) is 0 Å². The normalized spacial score (nSPS) is 16.3. The topological polar surface area (TPSA) is 74.9 Å². The second-order valence-electron chi connectivity index (χ2n) is 6.99. The van der Waals surface area contributed by atoms with Gasteiger partial charge in [-0.15, -0.1) is 24.0 Å². The molecule has 0 atom stereocenters.